The molecule has 4 bridgehead atoms. The van der Waals surface area contributed by atoms with Crippen molar-refractivity contribution in [1.29, 1.82) is 0 Å². The Kier molecular flexibility index (Phi) is 12.8. The van der Waals surface area contributed by atoms with E-state index < -0.39 is 47.6 Å². The maximum Gasteiger partial charge on any atom is 0.437 e. The number of carbonyl (C=O) groups excluding carboxylic acids is 4. The van der Waals surface area contributed by atoms with Gasteiger partial charge >= 0.3 is 12.1 Å². The molecule has 4 aliphatic heterocycles. The van der Waals surface area contributed by atoms with Crippen LogP contribution >= 0.6 is 33.2 Å². The topological polar surface area (TPSA) is 139 Å². The summed E-state index contributed by atoms with van der Waals surface area (Å²) in [6.45, 7) is 9.26. The number of ether oxygens (including phenoxy) is 4. The van der Waals surface area contributed by atoms with Crippen molar-refractivity contribution in [3.05, 3.63) is 64.7 Å². The van der Waals surface area contributed by atoms with Crippen LogP contribution in [0.3, 0.4) is 0 Å². The van der Waals surface area contributed by atoms with Crippen LogP contribution in [0, 0.1) is 11.8 Å². The number of allylic oxidation sites excluding steroid dienone is 3. The van der Waals surface area contributed by atoms with Gasteiger partial charge in [-0.15, -0.1) is 5.06 Å². The lowest BCUT2D eigenvalue weighted by atomic mass is 9.84. The number of carbonyl (C=O) groups is 4. The zero-order valence-corrected chi connectivity index (χ0v) is 35.4. The van der Waals surface area contributed by atoms with Gasteiger partial charge in [0.25, 0.3) is 0 Å². The molecule has 0 radical (unpaired) electrons. The normalized spacial score (nSPS) is 29.0. The van der Waals surface area contributed by atoms with Gasteiger partial charge in [0.15, 0.2) is 0 Å². The third kappa shape index (κ3) is 8.89. The number of esters is 1. The smallest absolute Gasteiger partial charge is 0.437 e. The third-order valence-electron chi connectivity index (χ3n) is 10.8. The number of methoxy groups -OCH3 is 1. The Morgan fingerprint density at radius 1 is 1.18 bits per heavy atom. The van der Waals surface area contributed by atoms with E-state index in [0.29, 0.717) is 64.7 Å². The summed E-state index contributed by atoms with van der Waals surface area (Å²) in [4.78, 5) is 60.5. The number of nitrogens with zero attached hydrogens (tertiary/aromatic N) is 2. The zero-order chi connectivity index (χ0) is 40.5. The number of fused-ring (bicyclic) bond motifs is 4. The molecule has 2 aromatic rings. The van der Waals surface area contributed by atoms with E-state index in [0.717, 1.165) is 11.1 Å². The molecule has 4 aliphatic rings. The Hall–Kier alpha value is -3.69. The first kappa shape index (κ1) is 41.9. The number of hydroxylamine groups is 2. The van der Waals surface area contributed by atoms with Crippen molar-refractivity contribution >= 4 is 68.4 Å². The summed E-state index contributed by atoms with van der Waals surface area (Å²) < 4.78 is 24.2. The highest BCUT2D eigenvalue weighted by atomic mass is 35.5. The van der Waals surface area contributed by atoms with E-state index in [1.165, 1.54) is 5.06 Å². The van der Waals surface area contributed by atoms with Gasteiger partial charge in [0.05, 0.1) is 41.9 Å². The number of benzene rings is 2. The maximum atomic E-state index is 14.5. The quantitative estimate of drug-likeness (QED) is 0.113. The Morgan fingerprint density at radius 2 is 1.95 bits per heavy atom. The molecule has 56 heavy (non-hydrogen) atoms. The molecule has 2 aromatic carbocycles. The second-order valence-electron chi connectivity index (χ2n) is 15.3. The molecule has 0 aliphatic carbocycles. The van der Waals surface area contributed by atoms with Crippen molar-refractivity contribution < 1.29 is 43.0 Å². The van der Waals surface area contributed by atoms with Crippen molar-refractivity contribution in [3.63, 3.8) is 0 Å². The zero-order valence-electron chi connectivity index (χ0n) is 33.0. The van der Waals surface area contributed by atoms with Gasteiger partial charge in [0.1, 0.15) is 23.6 Å². The average molecular weight is 828 g/mol. The molecule has 302 valence electrons. The number of amides is 3. The fraction of sp³-hybridized carbons (Fsp3) is 0.512. The van der Waals surface area contributed by atoms with Crippen molar-refractivity contribution in [2.75, 3.05) is 36.4 Å². The summed E-state index contributed by atoms with van der Waals surface area (Å²) >= 11 is 6.78. The Bertz CT molecular complexity index is 1940. The molecule has 0 saturated carbocycles. The number of nitrogens with one attached hydrogen (secondary N) is 1. The number of hydrogen-bond acceptors (Lipinski definition) is 11. The van der Waals surface area contributed by atoms with E-state index in [1.54, 1.807) is 66.6 Å². The van der Waals surface area contributed by atoms with Crippen molar-refractivity contribution in [1.82, 2.24) is 5.06 Å². The SMILES string of the molecule is COc1cc2cc(c1-c1ccc(NC(=O)CCSSC)c(Cl)c1)N(C)C(=O)C[C@H](OC(=O)C(C)C)[C@]1(C)O[C@H]1[C@H](C)[C@@H]1C[C@@]3(C/C=C/C=C(\C)C2)ON3C(=O)O1. The summed E-state index contributed by atoms with van der Waals surface area (Å²) in [7, 11) is 6.47. The van der Waals surface area contributed by atoms with E-state index in [-0.39, 0.29) is 24.2 Å². The van der Waals surface area contributed by atoms with Gasteiger partial charge in [-0.1, -0.05) is 83.8 Å². The molecule has 15 heteroatoms. The minimum Gasteiger partial charge on any atom is -0.496 e. The first-order chi connectivity index (χ1) is 26.6. The van der Waals surface area contributed by atoms with E-state index in [9.17, 15) is 19.2 Å². The summed E-state index contributed by atoms with van der Waals surface area (Å²) in [6, 6.07) is 9.22. The molecular weight excluding hydrogens is 778 g/mol. The summed E-state index contributed by atoms with van der Waals surface area (Å²) in [5.74, 6) is -0.477. The standard InChI is InChI=1S/C41H50ClN3O9S2/c1-23(2)38(48)52-33-21-35(47)44(6)30-18-26(19-31(50-7)36(30)27-12-13-29(28(42)20-27)43-34(46)14-16-56-55-8)17-24(3)11-9-10-15-41-22-32(51-39(49)45(41)54-41)25(4)37-40(33,5)53-37/h9-13,18-20,23,25,32-33,37H,14-17,21-22H2,1-8H3,(H,43,46)/b10-9+,24-11+/t25-,32+,33+,37+,40+,41-,45?/m1/s1. The fourth-order valence-electron chi connectivity index (χ4n) is 7.44. The van der Waals surface area contributed by atoms with Crippen LogP contribution in [-0.4, -0.2) is 84.7 Å². The number of rotatable bonds is 9. The minimum atomic E-state index is -1.03. The molecule has 0 unspecified atom stereocenters. The molecule has 4 heterocycles. The van der Waals surface area contributed by atoms with Crippen LogP contribution in [0.2, 0.25) is 5.02 Å². The van der Waals surface area contributed by atoms with Gasteiger partial charge in [0.2, 0.25) is 17.5 Å². The van der Waals surface area contributed by atoms with E-state index >= 15 is 0 Å². The van der Waals surface area contributed by atoms with Crippen LogP contribution in [-0.2, 0) is 39.9 Å². The second-order valence-corrected chi connectivity index (χ2v) is 18.4. The molecule has 12 nitrogen and oxygen atoms in total. The molecule has 3 fully saturated rings. The van der Waals surface area contributed by atoms with Crippen LogP contribution in [0.4, 0.5) is 16.2 Å². The Balaban J connectivity index is 1.40. The van der Waals surface area contributed by atoms with Crippen LogP contribution in [0.15, 0.2) is 54.1 Å². The van der Waals surface area contributed by atoms with Gasteiger partial charge in [0, 0.05) is 43.5 Å². The predicted octanol–water partition coefficient (Wildman–Crippen LogP) is 8.37. The van der Waals surface area contributed by atoms with Crippen molar-refractivity contribution in [3.8, 4) is 16.9 Å². The lowest BCUT2D eigenvalue weighted by molar-refractivity contribution is -0.157. The number of anilines is 2. The highest BCUT2D eigenvalue weighted by Gasteiger charge is 2.68. The van der Waals surface area contributed by atoms with E-state index in [1.807, 2.05) is 63.5 Å². The number of halogens is 1. The van der Waals surface area contributed by atoms with Gasteiger partial charge < -0.3 is 29.2 Å². The third-order valence-corrected chi connectivity index (χ3v) is 12.9. The van der Waals surface area contributed by atoms with Gasteiger partial charge in [-0.05, 0) is 61.9 Å². The van der Waals surface area contributed by atoms with Crippen molar-refractivity contribution in [2.24, 2.45) is 11.8 Å². The first-order valence-electron chi connectivity index (χ1n) is 18.7. The highest BCUT2D eigenvalue weighted by molar-refractivity contribution is 8.76. The van der Waals surface area contributed by atoms with E-state index in [4.69, 9.17) is 35.4 Å². The largest absolute Gasteiger partial charge is 0.496 e. The predicted molar refractivity (Wildman–Crippen MR) is 220 cm³/mol. The highest BCUT2D eigenvalue weighted by Crippen LogP contribution is 2.53. The molecule has 6 rings (SSSR count). The lowest BCUT2D eigenvalue weighted by Crippen LogP contribution is -2.45. The van der Waals surface area contributed by atoms with Crippen molar-refractivity contribution in [2.45, 2.75) is 96.4 Å². The number of epoxide rings is 1. The van der Waals surface area contributed by atoms with Crippen LogP contribution in [0.1, 0.15) is 65.9 Å². The summed E-state index contributed by atoms with van der Waals surface area (Å²) in [5, 5.41) is 4.51. The molecule has 3 amide bonds. The molecule has 1 spiro atoms. The average Bonchev–Trinajstić information content (AvgIpc) is 4.07. The maximum absolute atomic E-state index is 14.5. The first-order valence-corrected chi connectivity index (χ1v) is 21.8. The van der Waals surface area contributed by atoms with Gasteiger partial charge in [-0.25, -0.2) is 9.63 Å². The van der Waals surface area contributed by atoms with E-state index in [2.05, 4.69) is 5.32 Å². The Morgan fingerprint density at radius 3 is 2.64 bits per heavy atom. The summed E-state index contributed by atoms with van der Waals surface area (Å²) in [5.41, 5.74) is 2.41. The fourth-order valence-corrected chi connectivity index (χ4v) is 8.85. The number of hydrogen-bond donors (Lipinski definition) is 1. The van der Waals surface area contributed by atoms with Crippen LogP contribution < -0.4 is 15.0 Å². The summed E-state index contributed by atoms with van der Waals surface area (Å²) in [6.07, 6.45) is 7.03. The Labute approximate surface area is 341 Å². The molecule has 1 N–H and O–H groups in total. The molecule has 3 saturated heterocycles. The van der Waals surface area contributed by atoms with Gasteiger partial charge in [-0.3, -0.25) is 14.4 Å². The van der Waals surface area contributed by atoms with Crippen LogP contribution in [0.25, 0.3) is 11.1 Å². The minimum absolute atomic E-state index is 0.140. The molecular formula is C41H50ClN3O9S2. The molecule has 6 atom stereocenters. The van der Waals surface area contributed by atoms with Gasteiger partial charge in [-0.2, -0.15) is 0 Å². The molecule has 0 aromatic heterocycles. The van der Waals surface area contributed by atoms with Crippen LogP contribution in [0.5, 0.6) is 5.75 Å². The monoisotopic (exact) mass is 827 g/mol. The second kappa shape index (κ2) is 17.0. The lowest BCUT2D eigenvalue weighted by Gasteiger charge is -2.30.